The summed E-state index contributed by atoms with van der Waals surface area (Å²) < 4.78 is 0. The summed E-state index contributed by atoms with van der Waals surface area (Å²) in [6.07, 6.45) is 2.33. The summed E-state index contributed by atoms with van der Waals surface area (Å²) in [6, 6.07) is 5.85. The zero-order valence-electron chi connectivity index (χ0n) is 13.8. The lowest BCUT2D eigenvalue weighted by Crippen LogP contribution is -2.53. The first kappa shape index (κ1) is 17.1. The molecule has 0 aliphatic heterocycles. The maximum absolute atomic E-state index is 6.49. The van der Waals surface area contributed by atoms with Crippen molar-refractivity contribution in [3.63, 3.8) is 0 Å². The van der Waals surface area contributed by atoms with Gasteiger partial charge in [-0.1, -0.05) is 43.1 Å². The minimum absolute atomic E-state index is 0.0810. The molecule has 0 bridgehead atoms. The van der Waals surface area contributed by atoms with Crippen molar-refractivity contribution in [1.82, 2.24) is 5.32 Å². The molecule has 1 N–H and O–H groups in total. The van der Waals surface area contributed by atoms with Crippen LogP contribution in [-0.4, -0.2) is 12.1 Å². The van der Waals surface area contributed by atoms with Crippen LogP contribution in [0.5, 0.6) is 0 Å². The fourth-order valence-corrected chi connectivity index (χ4v) is 4.09. The van der Waals surface area contributed by atoms with Gasteiger partial charge < -0.3 is 5.32 Å². The van der Waals surface area contributed by atoms with Crippen LogP contribution in [0.4, 0.5) is 0 Å². The second-order valence-electron chi connectivity index (χ2n) is 7.89. The highest BCUT2D eigenvalue weighted by Gasteiger charge is 2.48. The largest absolute Gasteiger partial charge is 0.311 e. The molecule has 1 aliphatic rings. The van der Waals surface area contributed by atoms with Crippen molar-refractivity contribution in [1.29, 1.82) is 0 Å². The first-order valence-electron chi connectivity index (χ1n) is 7.84. The minimum atomic E-state index is 0.0810. The van der Waals surface area contributed by atoms with Gasteiger partial charge in [0.2, 0.25) is 0 Å². The molecule has 1 fully saturated rings. The summed E-state index contributed by atoms with van der Waals surface area (Å²) in [6.45, 7) is 12.2. The Morgan fingerprint density at radius 3 is 2.14 bits per heavy atom. The van der Waals surface area contributed by atoms with E-state index in [0.717, 1.165) is 40.9 Å². The fourth-order valence-electron chi connectivity index (χ4n) is 3.29. The first-order chi connectivity index (χ1) is 9.65. The van der Waals surface area contributed by atoms with E-state index in [1.807, 2.05) is 18.2 Å². The van der Waals surface area contributed by atoms with Crippen molar-refractivity contribution in [3.8, 4) is 0 Å². The van der Waals surface area contributed by atoms with Crippen LogP contribution in [0.1, 0.15) is 53.0 Å². The summed E-state index contributed by atoms with van der Waals surface area (Å²) in [5, 5.41) is 5.27. The van der Waals surface area contributed by atoms with E-state index in [9.17, 15) is 0 Å². The van der Waals surface area contributed by atoms with E-state index in [1.165, 1.54) is 0 Å². The molecule has 0 radical (unpaired) electrons. The molecule has 1 nitrogen and oxygen atoms in total. The van der Waals surface area contributed by atoms with Crippen molar-refractivity contribution in [2.75, 3.05) is 6.54 Å². The van der Waals surface area contributed by atoms with Gasteiger partial charge in [0.25, 0.3) is 0 Å². The molecule has 1 saturated carbocycles. The van der Waals surface area contributed by atoms with Crippen molar-refractivity contribution in [2.45, 2.75) is 58.4 Å². The summed E-state index contributed by atoms with van der Waals surface area (Å²) in [4.78, 5) is 0. The zero-order chi connectivity index (χ0) is 15.8. The molecule has 1 aromatic rings. The standard InChI is InChI=1S/C18H27Cl2N/c1-12(2)13-9-18(10-13,11-21-17(3,4)5)16-14(19)7-6-8-15(16)20/h6-8,12-13,21H,9-11H2,1-5H3. The molecule has 2 rings (SSSR count). The van der Waals surface area contributed by atoms with Gasteiger partial charge in [-0.05, 0) is 63.1 Å². The van der Waals surface area contributed by atoms with E-state index in [2.05, 4.69) is 39.9 Å². The fraction of sp³-hybridized carbons (Fsp3) is 0.667. The van der Waals surface area contributed by atoms with Crippen LogP contribution in [0.15, 0.2) is 18.2 Å². The van der Waals surface area contributed by atoms with Crippen LogP contribution in [0.2, 0.25) is 10.0 Å². The van der Waals surface area contributed by atoms with Crippen LogP contribution in [-0.2, 0) is 5.41 Å². The molecule has 0 aromatic heterocycles. The van der Waals surface area contributed by atoms with Crippen molar-refractivity contribution >= 4 is 23.2 Å². The Morgan fingerprint density at radius 1 is 1.19 bits per heavy atom. The molecule has 0 saturated heterocycles. The molecular formula is C18H27Cl2N. The predicted octanol–water partition coefficient (Wildman–Crippen LogP) is 5.69. The maximum atomic E-state index is 6.49. The van der Waals surface area contributed by atoms with Gasteiger partial charge >= 0.3 is 0 Å². The number of rotatable bonds is 4. The molecule has 21 heavy (non-hydrogen) atoms. The van der Waals surface area contributed by atoms with Gasteiger partial charge in [0.1, 0.15) is 0 Å². The Labute approximate surface area is 139 Å². The number of halogens is 2. The van der Waals surface area contributed by atoms with Gasteiger partial charge in [-0.2, -0.15) is 0 Å². The van der Waals surface area contributed by atoms with Gasteiger partial charge in [0.15, 0.2) is 0 Å². The third-order valence-corrected chi connectivity index (χ3v) is 5.33. The molecule has 0 amide bonds. The van der Waals surface area contributed by atoms with Gasteiger partial charge in [-0.3, -0.25) is 0 Å². The predicted molar refractivity (Wildman–Crippen MR) is 93.5 cm³/mol. The van der Waals surface area contributed by atoms with Crippen LogP contribution in [0.3, 0.4) is 0 Å². The van der Waals surface area contributed by atoms with Crippen molar-refractivity contribution < 1.29 is 0 Å². The topological polar surface area (TPSA) is 12.0 Å². The molecule has 1 aliphatic carbocycles. The smallest absolute Gasteiger partial charge is 0.0459 e. The summed E-state index contributed by atoms with van der Waals surface area (Å²) >= 11 is 13.0. The van der Waals surface area contributed by atoms with E-state index in [0.29, 0.717) is 5.92 Å². The monoisotopic (exact) mass is 327 g/mol. The van der Waals surface area contributed by atoms with E-state index >= 15 is 0 Å². The summed E-state index contributed by atoms with van der Waals surface area (Å²) in [5.41, 5.74) is 1.32. The SMILES string of the molecule is CC(C)C1CC(CNC(C)(C)C)(c2c(Cl)cccc2Cl)C1. The normalized spacial score (nSPS) is 26.0. The summed E-state index contributed by atoms with van der Waals surface area (Å²) in [5.74, 6) is 1.48. The third kappa shape index (κ3) is 3.75. The second-order valence-corrected chi connectivity index (χ2v) is 8.71. The summed E-state index contributed by atoms with van der Waals surface area (Å²) in [7, 11) is 0. The lowest BCUT2D eigenvalue weighted by Gasteiger charge is -2.51. The van der Waals surface area contributed by atoms with Gasteiger partial charge in [0.05, 0.1) is 0 Å². The Bertz CT molecular complexity index is 476. The number of hydrogen-bond acceptors (Lipinski definition) is 1. The Morgan fingerprint density at radius 2 is 1.71 bits per heavy atom. The lowest BCUT2D eigenvalue weighted by molar-refractivity contribution is 0.0914. The van der Waals surface area contributed by atoms with Crippen molar-refractivity contribution in [3.05, 3.63) is 33.8 Å². The van der Waals surface area contributed by atoms with E-state index in [-0.39, 0.29) is 11.0 Å². The maximum Gasteiger partial charge on any atom is 0.0459 e. The van der Waals surface area contributed by atoms with Crippen LogP contribution >= 0.6 is 23.2 Å². The van der Waals surface area contributed by atoms with E-state index in [4.69, 9.17) is 23.2 Å². The third-order valence-electron chi connectivity index (χ3n) is 4.70. The highest BCUT2D eigenvalue weighted by Crippen LogP contribution is 2.53. The van der Waals surface area contributed by atoms with E-state index < -0.39 is 0 Å². The van der Waals surface area contributed by atoms with Gasteiger partial charge in [0, 0.05) is 27.5 Å². The van der Waals surface area contributed by atoms with Gasteiger partial charge in [-0.25, -0.2) is 0 Å². The molecule has 1 aromatic carbocycles. The Balaban J connectivity index is 2.30. The first-order valence-corrected chi connectivity index (χ1v) is 8.60. The van der Waals surface area contributed by atoms with Crippen LogP contribution in [0.25, 0.3) is 0 Å². The average Bonchev–Trinajstić information content (AvgIpc) is 2.28. The van der Waals surface area contributed by atoms with E-state index in [1.54, 1.807) is 0 Å². The minimum Gasteiger partial charge on any atom is -0.311 e. The molecule has 3 heteroatoms. The number of benzene rings is 1. The number of nitrogens with one attached hydrogen (secondary N) is 1. The zero-order valence-corrected chi connectivity index (χ0v) is 15.3. The Kier molecular flexibility index (Phi) is 4.97. The average molecular weight is 328 g/mol. The molecule has 0 atom stereocenters. The van der Waals surface area contributed by atoms with Crippen LogP contribution in [0, 0.1) is 11.8 Å². The quantitative estimate of drug-likeness (QED) is 0.749. The number of hydrogen-bond donors (Lipinski definition) is 1. The molecule has 0 heterocycles. The van der Waals surface area contributed by atoms with Gasteiger partial charge in [-0.15, -0.1) is 0 Å². The highest BCUT2D eigenvalue weighted by atomic mass is 35.5. The second kappa shape index (κ2) is 6.10. The molecule has 118 valence electrons. The lowest BCUT2D eigenvalue weighted by atomic mass is 9.55. The highest BCUT2D eigenvalue weighted by molar-refractivity contribution is 6.36. The van der Waals surface area contributed by atoms with Crippen LogP contribution < -0.4 is 5.32 Å². The molecule has 0 spiro atoms. The molecular weight excluding hydrogens is 301 g/mol. The Hall–Kier alpha value is -0.240. The molecule has 0 unspecified atom stereocenters. The van der Waals surface area contributed by atoms with Crippen molar-refractivity contribution in [2.24, 2.45) is 11.8 Å².